The Hall–Kier alpha value is -0.780. The lowest BCUT2D eigenvalue weighted by Crippen LogP contribution is -2.40. The van der Waals surface area contributed by atoms with Gasteiger partial charge >= 0.3 is 6.18 Å². The van der Waals surface area contributed by atoms with Crippen LogP contribution in [0.2, 0.25) is 0 Å². The fourth-order valence-electron chi connectivity index (χ4n) is 2.44. The highest BCUT2D eigenvalue weighted by atomic mass is 19.4. The zero-order chi connectivity index (χ0) is 14.3. The normalized spacial score (nSPS) is 19.2. The molecule has 1 unspecified atom stereocenters. The Morgan fingerprint density at radius 2 is 1.89 bits per heavy atom. The Bertz CT molecular complexity index is 276. The van der Waals surface area contributed by atoms with Gasteiger partial charge in [-0.05, 0) is 18.8 Å². The average molecular weight is 281 g/mol. The average Bonchev–Trinajstić information content (AvgIpc) is 2.36. The maximum atomic E-state index is 12.0. The van der Waals surface area contributed by atoms with Crippen LogP contribution < -0.4 is 5.32 Å². The van der Waals surface area contributed by atoms with Crippen LogP contribution in [0.1, 0.15) is 51.4 Å². The lowest BCUT2D eigenvalue weighted by molar-refractivity contribution is -0.201. The first-order valence-corrected chi connectivity index (χ1v) is 6.91. The SMILES string of the molecule is O=C(CCCC1CCCCC1)NCC(O)C(F)(F)F. The van der Waals surface area contributed by atoms with E-state index in [2.05, 4.69) is 5.32 Å². The van der Waals surface area contributed by atoms with Crippen LogP contribution in [0.25, 0.3) is 0 Å². The van der Waals surface area contributed by atoms with Crippen molar-refractivity contribution < 1.29 is 23.1 Å². The standard InChI is InChI=1S/C13H22F3NO2/c14-13(15,16)11(18)9-17-12(19)8-4-7-10-5-2-1-3-6-10/h10-11,18H,1-9H2,(H,17,19). The van der Waals surface area contributed by atoms with Crippen molar-refractivity contribution in [2.75, 3.05) is 6.54 Å². The number of amides is 1. The lowest BCUT2D eigenvalue weighted by atomic mass is 9.86. The van der Waals surface area contributed by atoms with Crippen LogP contribution in [0.5, 0.6) is 0 Å². The molecular formula is C13H22F3NO2. The number of carbonyl (C=O) groups excluding carboxylic acids is 1. The molecular weight excluding hydrogens is 259 g/mol. The van der Waals surface area contributed by atoms with E-state index in [0.717, 1.165) is 6.42 Å². The molecule has 0 radical (unpaired) electrons. The summed E-state index contributed by atoms with van der Waals surface area (Å²) in [5.74, 6) is 0.251. The van der Waals surface area contributed by atoms with E-state index in [1.54, 1.807) is 0 Å². The van der Waals surface area contributed by atoms with Crippen molar-refractivity contribution in [1.29, 1.82) is 0 Å². The molecule has 19 heavy (non-hydrogen) atoms. The van der Waals surface area contributed by atoms with Crippen molar-refractivity contribution in [1.82, 2.24) is 5.32 Å². The molecule has 0 aliphatic heterocycles. The van der Waals surface area contributed by atoms with Crippen molar-refractivity contribution in [3.63, 3.8) is 0 Å². The van der Waals surface area contributed by atoms with Crippen molar-refractivity contribution >= 4 is 5.91 Å². The summed E-state index contributed by atoms with van der Waals surface area (Å²) in [4.78, 5) is 11.3. The summed E-state index contributed by atoms with van der Waals surface area (Å²) in [7, 11) is 0. The molecule has 1 aliphatic rings. The third kappa shape index (κ3) is 6.80. The first-order valence-electron chi connectivity index (χ1n) is 6.91. The van der Waals surface area contributed by atoms with Gasteiger partial charge in [-0.3, -0.25) is 4.79 Å². The van der Waals surface area contributed by atoms with Crippen LogP contribution in [-0.2, 0) is 4.79 Å². The Morgan fingerprint density at radius 3 is 2.47 bits per heavy atom. The largest absolute Gasteiger partial charge is 0.416 e. The van der Waals surface area contributed by atoms with Gasteiger partial charge in [-0.1, -0.05) is 32.1 Å². The first kappa shape index (κ1) is 16.3. The molecule has 0 bridgehead atoms. The minimum atomic E-state index is -4.67. The molecule has 3 nitrogen and oxygen atoms in total. The first-order chi connectivity index (χ1) is 8.89. The number of alkyl halides is 3. The minimum absolute atomic E-state index is 0.237. The van der Waals surface area contributed by atoms with Gasteiger partial charge in [-0.15, -0.1) is 0 Å². The summed E-state index contributed by atoms with van der Waals surface area (Å²) < 4.78 is 36.0. The fraction of sp³-hybridized carbons (Fsp3) is 0.923. The summed E-state index contributed by atoms with van der Waals surface area (Å²) in [6.45, 7) is -0.758. The van der Waals surface area contributed by atoms with Gasteiger partial charge in [0.05, 0.1) is 6.54 Å². The second-order valence-electron chi connectivity index (χ2n) is 5.26. The van der Waals surface area contributed by atoms with E-state index in [1.807, 2.05) is 0 Å². The zero-order valence-corrected chi connectivity index (χ0v) is 11.0. The fourth-order valence-corrected chi connectivity index (χ4v) is 2.44. The molecule has 0 aromatic heterocycles. The van der Waals surface area contributed by atoms with Crippen molar-refractivity contribution in [2.24, 2.45) is 5.92 Å². The van der Waals surface area contributed by atoms with Crippen LogP contribution in [0.4, 0.5) is 13.2 Å². The molecule has 112 valence electrons. The molecule has 0 aromatic rings. The van der Waals surface area contributed by atoms with E-state index >= 15 is 0 Å². The van der Waals surface area contributed by atoms with Gasteiger partial charge in [0, 0.05) is 6.42 Å². The van der Waals surface area contributed by atoms with Gasteiger partial charge in [0.15, 0.2) is 6.10 Å². The quantitative estimate of drug-likeness (QED) is 0.786. The minimum Gasteiger partial charge on any atom is -0.382 e. The van der Waals surface area contributed by atoms with Gasteiger partial charge < -0.3 is 10.4 Å². The second-order valence-corrected chi connectivity index (χ2v) is 5.26. The summed E-state index contributed by atoms with van der Waals surface area (Å²) in [6.07, 6.45) is 0.942. The molecule has 0 saturated heterocycles. The van der Waals surface area contributed by atoms with Gasteiger partial charge in [0.1, 0.15) is 0 Å². The summed E-state index contributed by atoms with van der Waals surface area (Å²) in [5.41, 5.74) is 0. The Labute approximate surface area is 111 Å². The molecule has 0 heterocycles. The maximum Gasteiger partial charge on any atom is 0.416 e. The van der Waals surface area contributed by atoms with Crippen molar-refractivity contribution in [3.8, 4) is 0 Å². The number of hydrogen-bond donors (Lipinski definition) is 2. The molecule has 1 rings (SSSR count). The third-order valence-electron chi connectivity index (χ3n) is 3.61. The van der Waals surface area contributed by atoms with Crippen LogP contribution in [0, 0.1) is 5.92 Å². The van der Waals surface area contributed by atoms with E-state index in [4.69, 9.17) is 5.11 Å². The molecule has 0 spiro atoms. The topological polar surface area (TPSA) is 49.3 Å². The molecule has 1 atom stereocenters. The second kappa shape index (κ2) is 7.72. The highest BCUT2D eigenvalue weighted by Gasteiger charge is 2.38. The number of halogens is 3. The number of rotatable bonds is 6. The maximum absolute atomic E-state index is 12.0. The van der Waals surface area contributed by atoms with E-state index in [-0.39, 0.29) is 6.42 Å². The molecule has 2 N–H and O–H groups in total. The third-order valence-corrected chi connectivity index (χ3v) is 3.61. The predicted octanol–water partition coefficient (Wildman–Crippen LogP) is 2.78. The number of aliphatic hydroxyl groups excluding tert-OH is 1. The van der Waals surface area contributed by atoms with E-state index in [9.17, 15) is 18.0 Å². The smallest absolute Gasteiger partial charge is 0.382 e. The van der Waals surface area contributed by atoms with Gasteiger partial charge in [-0.2, -0.15) is 13.2 Å². The number of hydrogen-bond acceptors (Lipinski definition) is 2. The van der Waals surface area contributed by atoms with Crippen LogP contribution >= 0.6 is 0 Å². The molecule has 1 aliphatic carbocycles. The molecule has 1 fully saturated rings. The number of carbonyl (C=O) groups is 1. The van der Waals surface area contributed by atoms with E-state index < -0.39 is 24.7 Å². The zero-order valence-electron chi connectivity index (χ0n) is 11.0. The van der Waals surface area contributed by atoms with E-state index in [0.29, 0.717) is 12.3 Å². The molecule has 0 aromatic carbocycles. The van der Waals surface area contributed by atoms with Crippen LogP contribution in [-0.4, -0.2) is 29.8 Å². The summed E-state index contributed by atoms with van der Waals surface area (Å²) in [6, 6.07) is 0. The highest BCUT2D eigenvalue weighted by Crippen LogP contribution is 2.27. The lowest BCUT2D eigenvalue weighted by Gasteiger charge is -2.21. The van der Waals surface area contributed by atoms with Crippen molar-refractivity contribution in [2.45, 2.75) is 63.6 Å². The predicted molar refractivity (Wildman–Crippen MR) is 65.5 cm³/mol. The van der Waals surface area contributed by atoms with Gasteiger partial charge in [-0.25, -0.2) is 0 Å². The Balaban J connectivity index is 2.07. The molecule has 1 amide bonds. The van der Waals surface area contributed by atoms with Crippen molar-refractivity contribution in [3.05, 3.63) is 0 Å². The van der Waals surface area contributed by atoms with Crippen LogP contribution in [0.15, 0.2) is 0 Å². The number of nitrogens with one attached hydrogen (secondary N) is 1. The van der Waals surface area contributed by atoms with E-state index in [1.165, 1.54) is 32.1 Å². The summed E-state index contributed by atoms with van der Waals surface area (Å²) >= 11 is 0. The van der Waals surface area contributed by atoms with Gasteiger partial charge in [0.2, 0.25) is 5.91 Å². The highest BCUT2D eigenvalue weighted by molar-refractivity contribution is 5.75. The monoisotopic (exact) mass is 281 g/mol. The summed E-state index contributed by atoms with van der Waals surface area (Å²) in [5, 5.41) is 10.8. The Morgan fingerprint density at radius 1 is 1.26 bits per heavy atom. The van der Waals surface area contributed by atoms with Gasteiger partial charge in [0.25, 0.3) is 0 Å². The number of aliphatic hydroxyl groups is 1. The molecule has 1 saturated carbocycles. The Kier molecular flexibility index (Phi) is 6.62. The molecule has 6 heteroatoms. The van der Waals surface area contributed by atoms with Crippen LogP contribution in [0.3, 0.4) is 0 Å².